The van der Waals surface area contributed by atoms with Crippen LogP contribution in [0.4, 0.5) is 11.5 Å². The van der Waals surface area contributed by atoms with E-state index in [0.717, 1.165) is 0 Å². The SMILES string of the molecule is O=C(Nc1cccc(C(=O)Nc2ccccn2)c1)c1ccccc1. The molecule has 0 aliphatic rings. The second-order valence-corrected chi connectivity index (χ2v) is 5.07. The highest BCUT2D eigenvalue weighted by atomic mass is 16.2. The Hall–Kier alpha value is -3.47. The zero-order valence-corrected chi connectivity index (χ0v) is 12.8. The van der Waals surface area contributed by atoms with E-state index in [0.29, 0.717) is 22.6 Å². The molecular weight excluding hydrogens is 302 g/mol. The van der Waals surface area contributed by atoms with Crippen molar-refractivity contribution in [2.24, 2.45) is 0 Å². The lowest BCUT2D eigenvalue weighted by atomic mass is 10.1. The molecule has 0 atom stereocenters. The van der Waals surface area contributed by atoms with Gasteiger partial charge in [0.15, 0.2) is 0 Å². The first kappa shape index (κ1) is 15.4. The van der Waals surface area contributed by atoms with Crippen LogP contribution in [-0.4, -0.2) is 16.8 Å². The van der Waals surface area contributed by atoms with Gasteiger partial charge in [0.1, 0.15) is 5.82 Å². The number of hydrogen-bond donors (Lipinski definition) is 2. The maximum absolute atomic E-state index is 12.3. The van der Waals surface area contributed by atoms with Crippen LogP contribution < -0.4 is 10.6 Å². The molecule has 1 aromatic heterocycles. The highest BCUT2D eigenvalue weighted by molar-refractivity contribution is 6.07. The summed E-state index contributed by atoms with van der Waals surface area (Å²) in [5, 5.41) is 5.49. The van der Waals surface area contributed by atoms with E-state index in [9.17, 15) is 9.59 Å². The molecule has 2 amide bonds. The molecule has 3 aromatic rings. The maximum Gasteiger partial charge on any atom is 0.256 e. The van der Waals surface area contributed by atoms with Crippen molar-refractivity contribution in [3.63, 3.8) is 0 Å². The third-order valence-electron chi connectivity index (χ3n) is 3.33. The highest BCUT2D eigenvalue weighted by Crippen LogP contribution is 2.14. The standard InChI is InChI=1S/C19H15N3O2/c23-18(14-7-2-1-3-8-14)21-16-10-6-9-15(13-16)19(24)22-17-11-4-5-12-20-17/h1-13H,(H,21,23)(H,20,22,24). The van der Waals surface area contributed by atoms with E-state index in [4.69, 9.17) is 0 Å². The topological polar surface area (TPSA) is 71.1 Å². The van der Waals surface area contributed by atoms with Gasteiger partial charge < -0.3 is 10.6 Å². The van der Waals surface area contributed by atoms with Gasteiger partial charge in [0.25, 0.3) is 11.8 Å². The first-order valence-electron chi connectivity index (χ1n) is 7.41. The fourth-order valence-corrected chi connectivity index (χ4v) is 2.16. The fourth-order valence-electron chi connectivity index (χ4n) is 2.16. The van der Waals surface area contributed by atoms with Gasteiger partial charge in [-0.25, -0.2) is 4.98 Å². The Balaban J connectivity index is 1.72. The molecule has 5 heteroatoms. The van der Waals surface area contributed by atoms with Crippen molar-refractivity contribution >= 4 is 23.3 Å². The molecule has 0 saturated heterocycles. The molecule has 24 heavy (non-hydrogen) atoms. The lowest BCUT2D eigenvalue weighted by molar-refractivity contribution is 0.101. The van der Waals surface area contributed by atoms with Crippen molar-refractivity contribution in [1.82, 2.24) is 4.98 Å². The molecule has 0 fully saturated rings. The lowest BCUT2D eigenvalue weighted by Gasteiger charge is -2.08. The number of rotatable bonds is 4. The second-order valence-electron chi connectivity index (χ2n) is 5.07. The largest absolute Gasteiger partial charge is 0.322 e. The van der Waals surface area contributed by atoms with Gasteiger partial charge in [-0.2, -0.15) is 0 Å². The quantitative estimate of drug-likeness (QED) is 0.772. The summed E-state index contributed by atoms with van der Waals surface area (Å²) in [7, 11) is 0. The van der Waals surface area contributed by atoms with Gasteiger partial charge in [0, 0.05) is 23.0 Å². The molecule has 2 aromatic carbocycles. The summed E-state index contributed by atoms with van der Waals surface area (Å²) in [6.45, 7) is 0. The van der Waals surface area contributed by atoms with E-state index >= 15 is 0 Å². The van der Waals surface area contributed by atoms with Crippen molar-refractivity contribution in [1.29, 1.82) is 0 Å². The number of benzene rings is 2. The number of hydrogen-bond acceptors (Lipinski definition) is 3. The summed E-state index contributed by atoms with van der Waals surface area (Å²) >= 11 is 0. The predicted molar refractivity (Wildman–Crippen MR) is 93.0 cm³/mol. The maximum atomic E-state index is 12.3. The molecule has 0 bridgehead atoms. The van der Waals surface area contributed by atoms with Crippen LogP contribution in [0.2, 0.25) is 0 Å². The zero-order chi connectivity index (χ0) is 16.8. The zero-order valence-electron chi connectivity index (χ0n) is 12.8. The average Bonchev–Trinajstić information content (AvgIpc) is 2.63. The molecule has 0 aliphatic carbocycles. The molecule has 0 aliphatic heterocycles. The summed E-state index contributed by atoms with van der Waals surface area (Å²) in [6, 6.07) is 20.9. The summed E-state index contributed by atoms with van der Waals surface area (Å²) < 4.78 is 0. The van der Waals surface area contributed by atoms with Crippen LogP contribution in [0.3, 0.4) is 0 Å². The van der Waals surface area contributed by atoms with Gasteiger partial charge in [0.05, 0.1) is 0 Å². The van der Waals surface area contributed by atoms with Crippen molar-refractivity contribution in [2.75, 3.05) is 10.6 Å². The van der Waals surface area contributed by atoms with Crippen LogP contribution >= 0.6 is 0 Å². The summed E-state index contributed by atoms with van der Waals surface area (Å²) in [6.07, 6.45) is 1.60. The summed E-state index contributed by atoms with van der Waals surface area (Å²) in [5.41, 5.74) is 1.55. The normalized spacial score (nSPS) is 10.0. The molecule has 0 saturated carbocycles. The van der Waals surface area contributed by atoms with E-state index in [1.807, 2.05) is 6.07 Å². The fraction of sp³-hybridized carbons (Fsp3) is 0. The van der Waals surface area contributed by atoms with Gasteiger partial charge in [-0.3, -0.25) is 9.59 Å². The number of carbonyl (C=O) groups is 2. The molecular formula is C19H15N3O2. The molecule has 2 N–H and O–H groups in total. The third kappa shape index (κ3) is 3.84. The third-order valence-corrected chi connectivity index (χ3v) is 3.33. The minimum Gasteiger partial charge on any atom is -0.322 e. The van der Waals surface area contributed by atoms with Gasteiger partial charge in [-0.1, -0.05) is 30.3 Å². The Kier molecular flexibility index (Phi) is 4.62. The molecule has 1 heterocycles. The number of anilines is 2. The Bertz CT molecular complexity index is 849. The molecule has 5 nitrogen and oxygen atoms in total. The minimum absolute atomic E-state index is 0.224. The number of carbonyl (C=O) groups excluding carboxylic acids is 2. The Labute approximate surface area is 139 Å². The minimum atomic E-state index is -0.287. The average molecular weight is 317 g/mol. The van der Waals surface area contributed by atoms with Gasteiger partial charge in [-0.05, 0) is 42.5 Å². The van der Waals surface area contributed by atoms with Crippen LogP contribution in [0.15, 0.2) is 79.0 Å². The molecule has 0 spiro atoms. The smallest absolute Gasteiger partial charge is 0.256 e. The number of nitrogens with one attached hydrogen (secondary N) is 2. The first-order valence-corrected chi connectivity index (χ1v) is 7.41. The van der Waals surface area contributed by atoms with E-state index in [2.05, 4.69) is 15.6 Å². The van der Waals surface area contributed by atoms with Crippen LogP contribution in [0.5, 0.6) is 0 Å². The molecule has 118 valence electrons. The van der Waals surface area contributed by atoms with Crippen LogP contribution in [0.1, 0.15) is 20.7 Å². The van der Waals surface area contributed by atoms with Crippen molar-refractivity contribution in [3.05, 3.63) is 90.1 Å². The molecule has 0 unspecified atom stereocenters. The van der Waals surface area contributed by atoms with E-state index in [1.165, 1.54) is 0 Å². The van der Waals surface area contributed by atoms with Gasteiger partial charge in [-0.15, -0.1) is 0 Å². The Morgan fingerprint density at radius 2 is 1.42 bits per heavy atom. The van der Waals surface area contributed by atoms with Crippen molar-refractivity contribution < 1.29 is 9.59 Å². The van der Waals surface area contributed by atoms with E-state index < -0.39 is 0 Å². The first-order chi connectivity index (χ1) is 11.7. The predicted octanol–water partition coefficient (Wildman–Crippen LogP) is 3.59. The second kappa shape index (κ2) is 7.19. The van der Waals surface area contributed by atoms with E-state index in [-0.39, 0.29) is 11.8 Å². The number of nitrogens with zero attached hydrogens (tertiary/aromatic N) is 1. The van der Waals surface area contributed by atoms with Crippen molar-refractivity contribution in [2.45, 2.75) is 0 Å². The monoisotopic (exact) mass is 317 g/mol. The van der Waals surface area contributed by atoms with Gasteiger partial charge in [0.2, 0.25) is 0 Å². The highest BCUT2D eigenvalue weighted by Gasteiger charge is 2.09. The van der Waals surface area contributed by atoms with Crippen LogP contribution in [0.25, 0.3) is 0 Å². The van der Waals surface area contributed by atoms with Crippen molar-refractivity contribution in [3.8, 4) is 0 Å². The Morgan fingerprint density at radius 3 is 2.17 bits per heavy atom. The lowest BCUT2D eigenvalue weighted by Crippen LogP contribution is -2.15. The molecule has 3 rings (SSSR count). The van der Waals surface area contributed by atoms with Crippen LogP contribution in [0, 0.1) is 0 Å². The number of pyridine rings is 1. The van der Waals surface area contributed by atoms with Gasteiger partial charge >= 0.3 is 0 Å². The van der Waals surface area contributed by atoms with E-state index in [1.54, 1.807) is 72.9 Å². The summed E-state index contributed by atoms with van der Waals surface area (Å²) in [5.74, 6) is -0.0383. The number of aromatic nitrogens is 1. The molecule has 0 radical (unpaired) electrons. The Morgan fingerprint density at radius 1 is 0.708 bits per heavy atom. The summed E-state index contributed by atoms with van der Waals surface area (Å²) in [4.78, 5) is 28.5. The number of amides is 2. The van der Waals surface area contributed by atoms with Crippen LogP contribution in [-0.2, 0) is 0 Å².